The van der Waals surface area contributed by atoms with Crippen LogP contribution in [0.5, 0.6) is 0 Å². The van der Waals surface area contributed by atoms with Gasteiger partial charge in [-0.2, -0.15) is 13.2 Å². The van der Waals surface area contributed by atoms with Crippen LogP contribution in [0.15, 0.2) is 66.7 Å². The van der Waals surface area contributed by atoms with Crippen LogP contribution in [0.4, 0.5) is 13.2 Å². The minimum absolute atomic E-state index is 0.183. The Morgan fingerprint density at radius 2 is 1.70 bits per heavy atom. The number of benzene rings is 3. The Kier molecular flexibility index (Phi) is 5.98. The number of halogens is 4. The van der Waals surface area contributed by atoms with Gasteiger partial charge in [-0.25, -0.2) is 4.98 Å². The number of hydrogen-bond acceptors (Lipinski definition) is 2. The molecule has 3 aromatic carbocycles. The monoisotopic (exact) mass is 523 g/mol. The lowest BCUT2D eigenvalue weighted by Gasteiger charge is -2.18. The standard InChI is InChI=1S/C29H25ClF3N3O/c30-24-3-1-2-22(14-24)19-4-6-20(7-5-19)27-34-25-15-23(29(31,32)33)10-11-26(25)36(27)17-18-12-13-35(16-18)28(37)21-8-9-21/h1-7,10-11,14-15,18,21H,8-9,12-13,16-17H2/t18-/m0/s1. The number of amides is 1. The van der Waals surface area contributed by atoms with Crippen molar-refractivity contribution >= 4 is 28.5 Å². The van der Waals surface area contributed by atoms with Gasteiger partial charge >= 0.3 is 6.18 Å². The van der Waals surface area contributed by atoms with Crippen molar-refractivity contribution in [1.29, 1.82) is 0 Å². The molecule has 1 atom stereocenters. The van der Waals surface area contributed by atoms with Crippen molar-refractivity contribution in [1.82, 2.24) is 14.5 Å². The molecule has 2 aliphatic rings. The third kappa shape index (κ3) is 4.85. The Labute approximate surface area is 217 Å². The van der Waals surface area contributed by atoms with E-state index in [4.69, 9.17) is 11.6 Å². The van der Waals surface area contributed by atoms with Gasteiger partial charge < -0.3 is 9.47 Å². The predicted octanol–water partition coefficient (Wildman–Crippen LogP) is 7.30. The molecule has 0 N–H and O–H groups in total. The second-order valence-electron chi connectivity index (χ2n) is 10.0. The third-order valence-electron chi connectivity index (χ3n) is 7.34. The lowest BCUT2D eigenvalue weighted by atomic mass is 10.0. The number of fused-ring (bicyclic) bond motifs is 1. The van der Waals surface area contributed by atoms with E-state index in [9.17, 15) is 18.0 Å². The van der Waals surface area contributed by atoms with Gasteiger partial charge in [0.15, 0.2) is 0 Å². The predicted molar refractivity (Wildman–Crippen MR) is 138 cm³/mol. The van der Waals surface area contributed by atoms with Crippen molar-refractivity contribution in [2.75, 3.05) is 13.1 Å². The maximum atomic E-state index is 13.4. The minimum atomic E-state index is -4.44. The number of carbonyl (C=O) groups excluding carboxylic acids is 1. The molecule has 0 radical (unpaired) electrons. The molecule has 0 spiro atoms. The largest absolute Gasteiger partial charge is 0.416 e. The first kappa shape index (κ1) is 24.0. The average Bonchev–Trinajstić information content (AvgIpc) is 3.53. The molecule has 0 bridgehead atoms. The second kappa shape index (κ2) is 9.21. The quantitative estimate of drug-likeness (QED) is 0.275. The molecule has 8 heteroatoms. The van der Waals surface area contributed by atoms with E-state index >= 15 is 0 Å². The fourth-order valence-electron chi connectivity index (χ4n) is 5.22. The van der Waals surface area contributed by atoms with Gasteiger partial charge in [-0.15, -0.1) is 0 Å². The molecule has 1 aromatic heterocycles. The van der Waals surface area contributed by atoms with Gasteiger partial charge in [0.25, 0.3) is 0 Å². The van der Waals surface area contributed by atoms with Gasteiger partial charge in [0.2, 0.25) is 5.91 Å². The molecule has 4 nitrogen and oxygen atoms in total. The van der Waals surface area contributed by atoms with Crippen molar-refractivity contribution in [2.24, 2.45) is 11.8 Å². The SMILES string of the molecule is O=C(C1CC1)N1CC[C@H](Cn2c(-c3ccc(-c4cccc(Cl)c4)cc3)nc3cc(C(F)(F)F)ccc32)C1. The van der Waals surface area contributed by atoms with E-state index < -0.39 is 11.7 Å². The van der Waals surface area contributed by atoms with Crippen LogP contribution < -0.4 is 0 Å². The van der Waals surface area contributed by atoms with Gasteiger partial charge in [-0.1, -0.05) is 48.0 Å². The number of nitrogens with zero attached hydrogens (tertiary/aromatic N) is 3. The molecule has 1 saturated heterocycles. The van der Waals surface area contributed by atoms with E-state index in [2.05, 4.69) is 4.98 Å². The molecule has 190 valence electrons. The number of aromatic nitrogens is 2. The fourth-order valence-corrected chi connectivity index (χ4v) is 5.41. The van der Waals surface area contributed by atoms with Crippen molar-refractivity contribution < 1.29 is 18.0 Å². The molecule has 6 rings (SSSR count). The zero-order valence-corrected chi connectivity index (χ0v) is 20.8. The molecule has 37 heavy (non-hydrogen) atoms. The van der Waals surface area contributed by atoms with E-state index in [1.54, 1.807) is 0 Å². The first-order valence-corrected chi connectivity index (χ1v) is 12.9. The topological polar surface area (TPSA) is 38.1 Å². The summed E-state index contributed by atoms with van der Waals surface area (Å²) in [4.78, 5) is 19.2. The number of alkyl halides is 3. The Bertz CT molecular complexity index is 1470. The Hall–Kier alpha value is -3.32. The normalized spacial score (nSPS) is 18.1. The van der Waals surface area contributed by atoms with Gasteiger partial charge in [0, 0.05) is 36.1 Å². The van der Waals surface area contributed by atoms with E-state index in [0.29, 0.717) is 35.0 Å². The van der Waals surface area contributed by atoms with Crippen LogP contribution in [0, 0.1) is 11.8 Å². The number of rotatable bonds is 5. The Morgan fingerprint density at radius 1 is 0.946 bits per heavy atom. The smallest absolute Gasteiger partial charge is 0.342 e. The third-order valence-corrected chi connectivity index (χ3v) is 7.58. The van der Waals surface area contributed by atoms with Crippen LogP contribution in [0.25, 0.3) is 33.5 Å². The molecule has 0 unspecified atom stereocenters. The molecule has 1 aliphatic heterocycles. The zero-order valence-electron chi connectivity index (χ0n) is 20.0. The molecule has 4 aromatic rings. The van der Waals surface area contributed by atoms with Gasteiger partial charge in [-0.05, 0) is 66.6 Å². The molecular weight excluding hydrogens is 499 g/mol. The highest BCUT2D eigenvalue weighted by Crippen LogP contribution is 2.36. The van der Waals surface area contributed by atoms with E-state index in [1.165, 1.54) is 6.07 Å². The summed E-state index contributed by atoms with van der Waals surface area (Å²) in [6, 6.07) is 19.1. The highest BCUT2D eigenvalue weighted by molar-refractivity contribution is 6.30. The molecule has 1 saturated carbocycles. The molecule has 2 heterocycles. The van der Waals surface area contributed by atoms with Crippen LogP contribution in [0.1, 0.15) is 24.8 Å². The fraction of sp³-hybridized carbons (Fsp3) is 0.310. The number of hydrogen-bond donors (Lipinski definition) is 0. The van der Waals surface area contributed by atoms with Crippen molar-refractivity contribution in [3.05, 3.63) is 77.3 Å². The van der Waals surface area contributed by atoms with Gasteiger partial charge in [0.05, 0.1) is 16.6 Å². The van der Waals surface area contributed by atoms with Crippen molar-refractivity contribution in [3.8, 4) is 22.5 Å². The maximum absolute atomic E-state index is 13.4. The van der Waals surface area contributed by atoms with E-state index in [0.717, 1.165) is 54.6 Å². The minimum Gasteiger partial charge on any atom is -0.342 e. The highest BCUT2D eigenvalue weighted by atomic mass is 35.5. The highest BCUT2D eigenvalue weighted by Gasteiger charge is 2.37. The summed E-state index contributed by atoms with van der Waals surface area (Å²) in [5.41, 5.74) is 3.04. The van der Waals surface area contributed by atoms with E-state index in [1.807, 2.05) is 58.0 Å². The summed E-state index contributed by atoms with van der Waals surface area (Å²) < 4.78 is 42.3. The maximum Gasteiger partial charge on any atom is 0.416 e. The average molecular weight is 524 g/mol. The van der Waals surface area contributed by atoms with Crippen LogP contribution >= 0.6 is 11.6 Å². The number of imidazole rings is 1. The van der Waals surface area contributed by atoms with Crippen LogP contribution in [-0.4, -0.2) is 33.4 Å². The summed E-state index contributed by atoms with van der Waals surface area (Å²) in [7, 11) is 0. The summed E-state index contributed by atoms with van der Waals surface area (Å²) in [5.74, 6) is 1.26. The summed E-state index contributed by atoms with van der Waals surface area (Å²) in [6.07, 6.45) is -1.62. The van der Waals surface area contributed by atoms with Crippen LogP contribution in [0.2, 0.25) is 5.02 Å². The Morgan fingerprint density at radius 3 is 2.41 bits per heavy atom. The number of likely N-dealkylation sites (tertiary alicyclic amines) is 1. The number of carbonyl (C=O) groups is 1. The first-order chi connectivity index (χ1) is 17.8. The summed E-state index contributed by atoms with van der Waals surface area (Å²) >= 11 is 6.15. The molecule has 2 fully saturated rings. The van der Waals surface area contributed by atoms with Crippen molar-refractivity contribution in [2.45, 2.75) is 32.0 Å². The van der Waals surface area contributed by atoms with Crippen LogP contribution in [0.3, 0.4) is 0 Å². The lowest BCUT2D eigenvalue weighted by molar-refractivity contribution is -0.137. The molecule has 1 amide bonds. The first-order valence-electron chi connectivity index (χ1n) is 12.5. The Balaban J connectivity index is 1.35. The van der Waals surface area contributed by atoms with E-state index in [-0.39, 0.29) is 17.7 Å². The van der Waals surface area contributed by atoms with Crippen molar-refractivity contribution in [3.63, 3.8) is 0 Å². The second-order valence-corrected chi connectivity index (χ2v) is 10.5. The lowest BCUT2D eigenvalue weighted by Crippen LogP contribution is -2.30. The van der Waals surface area contributed by atoms with Crippen LogP contribution in [-0.2, 0) is 17.5 Å². The molecule has 1 aliphatic carbocycles. The van der Waals surface area contributed by atoms with Gasteiger partial charge in [-0.3, -0.25) is 4.79 Å². The zero-order chi connectivity index (χ0) is 25.7. The molecular formula is C29H25ClF3N3O. The summed E-state index contributed by atoms with van der Waals surface area (Å²) in [5, 5.41) is 0.648. The summed E-state index contributed by atoms with van der Waals surface area (Å²) in [6.45, 7) is 1.99. The van der Waals surface area contributed by atoms with Gasteiger partial charge in [0.1, 0.15) is 5.82 Å².